The molecule has 1 rings (SSSR count). The van der Waals surface area contributed by atoms with Crippen LogP contribution in [0.2, 0.25) is 0 Å². The van der Waals surface area contributed by atoms with Crippen molar-refractivity contribution in [3.8, 4) is 0 Å². The summed E-state index contributed by atoms with van der Waals surface area (Å²) in [7, 11) is 0. The first-order chi connectivity index (χ1) is 6.39. The van der Waals surface area contributed by atoms with Gasteiger partial charge >= 0.3 is 0 Å². The highest BCUT2D eigenvalue weighted by molar-refractivity contribution is 6.20. The van der Waals surface area contributed by atoms with Gasteiger partial charge in [0.1, 0.15) is 0 Å². The van der Waals surface area contributed by atoms with Crippen LogP contribution in [0.3, 0.4) is 0 Å². The SMILES string of the molecule is ClC1CCC=C=CCCCCCC1. The predicted molar refractivity (Wildman–Crippen MR) is 59.2 cm³/mol. The topological polar surface area (TPSA) is 0 Å². The van der Waals surface area contributed by atoms with Crippen molar-refractivity contribution >= 4 is 11.6 Å². The van der Waals surface area contributed by atoms with Gasteiger partial charge in [0.2, 0.25) is 0 Å². The molecule has 1 aliphatic carbocycles. The quantitative estimate of drug-likeness (QED) is 0.399. The van der Waals surface area contributed by atoms with Crippen LogP contribution in [-0.4, -0.2) is 5.38 Å². The van der Waals surface area contributed by atoms with Gasteiger partial charge in [-0.15, -0.1) is 17.3 Å². The second-order valence-corrected chi connectivity index (χ2v) is 4.36. The summed E-state index contributed by atoms with van der Waals surface area (Å²) in [6, 6.07) is 0. The van der Waals surface area contributed by atoms with E-state index in [0.717, 1.165) is 12.8 Å². The Morgan fingerprint density at radius 1 is 0.923 bits per heavy atom. The Labute approximate surface area is 86.7 Å². The molecule has 0 heterocycles. The van der Waals surface area contributed by atoms with Gasteiger partial charge in [0.05, 0.1) is 0 Å². The van der Waals surface area contributed by atoms with E-state index < -0.39 is 0 Å². The molecule has 0 amide bonds. The summed E-state index contributed by atoms with van der Waals surface area (Å²) in [5.74, 6) is 0. The second-order valence-electron chi connectivity index (χ2n) is 3.74. The molecule has 0 nitrogen and oxygen atoms in total. The fraction of sp³-hybridized carbons (Fsp3) is 0.750. The lowest BCUT2D eigenvalue weighted by Crippen LogP contribution is -1.97. The molecule has 0 aromatic rings. The molecule has 0 N–H and O–H groups in total. The fourth-order valence-electron chi connectivity index (χ4n) is 1.62. The van der Waals surface area contributed by atoms with E-state index in [1.807, 2.05) is 0 Å². The summed E-state index contributed by atoms with van der Waals surface area (Å²) in [6.07, 6.45) is 14.2. The van der Waals surface area contributed by atoms with Crippen LogP contribution >= 0.6 is 11.6 Å². The van der Waals surface area contributed by atoms with Gasteiger partial charge in [0.25, 0.3) is 0 Å². The number of halogens is 1. The first-order valence-electron chi connectivity index (χ1n) is 5.43. The third kappa shape index (κ3) is 5.96. The Hall–Kier alpha value is -0.190. The van der Waals surface area contributed by atoms with Crippen molar-refractivity contribution in [2.24, 2.45) is 0 Å². The zero-order valence-electron chi connectivity index (χ0n) is 8.27. The summed E-state index contributed by atoms with van der Waals surface area (Å²) < 4.78 is 0. The van der Waals surface area contributed by atoms with Crippen LogP contribution in [0, 0.1) is 0 Å². The molecule has 0 fully saturated rings. The van der Waals surface area contributed by atoms with Gasteiger partial charge in [-0.3, -0.25) is 0 Å². The molecule has 1 heteroatoms. The monoisotopic (exact) mass is 198 g/mol. The highest BCUT2D eigenvalue weighted by atomic mass is 35.5. The van der Waals surface area contributed by atoms with Crippen LogP contribution in [0.4, 0.5) is 0 Å². The van der Waals surface area contributed by atoms with Gasteiger partial charge in [0.15, 0.2) is 0 Å². The Kier molecular flexibility index (Phi) is 6.06. The first kappa shape index (κ1) is 10.9. The fourth-order valence-corrected chi connectivity index (χ4v) is 1.90. The van der Waals surface area contributed by atoms with Gasteiger partial charge in [0, 0.05) is 5.38 Å². The van der Waals surface area contributed by atoms with E-state index in [1.165, 1.54) is 38.5 Å². The maximum Gasteiger partial charge on any atom is 0.0339 e. The van der Waals surface area contributed by atoms with Crippen molar-refractivity contribution in [3.05, 3.63) is 17.9 Å². The average Bonchev–Trinajstić information content (AvgIpc) is 2.11. The predicted octanol–water partition coefficient (Wildman–Crippen LogP) is 4.44. The Balaban J connectivity index is 2.31. The zero-order valence-corrected chi connectivity index (χ0v) is 9.02. The molecule has 1 atom stereocenters. The van der Waals surface area contributed by atoms with Crippen molar-refractivity contribution in [3.63, 3.8) is 0 Å². The highest BCUT2D eigenvalue weighted by Gasteiger charge is 2.02. The van der Waals surface area contributed by atoms with Gasteiger partial charge in [-0.1, -0.05) is 19.3 Å². The zero-order chi connectivity index (χ0) is 9.36. The lowest BCUT2D eigenvalue weighted by molar-refractivity contribution is 0.587. The van der Waals surface area contributed by atoms with E-state index in [0.29, 0.717) is 5.38 Å². The van der Waals surface area contributed by atoms with Crippen molar-refractivity contribution in [1.82, 2.24) is 0 Å². The largest absolute Gasteiger partial charge is 0.130 e. The Morgan fingerprint density at radius 3 is 2.62 bits per heavy atom. The minimum Gasteiger partial charge on any atom is -0.130 e. The molecule has 0 bridgehead atoms. The van der Waals surface area contributed by atoms with Crippen molar-refractivity contribution in [1.29, 1.82) is 0 Å². The summed E-state index contributed by atoms with van der Waals surface area (Å²) in [5.41, 5.74) is 3.22. The second kappa shape index (κ2) is 7.24. The maximum atomic E-state index is 6.16. The van der Waals surface area contributed by atoms with E-state index in [9.17, 15) is 0 Å². The smallest absolute Gasteiger partial charge is 0.0339 e. The van der Waals surface area contributed by atoms with Crippen LogP contribution in [0.25, 0.3) is 0 Å². The minimum atomic E-state index is 0.387. The molecule has 1 unspecified atom stereocenters. The van der Waals surface area contributed by atoms with Gasteiger partial charge in [-0.05, 0) is 44.3 Å². The third-order valence-corrected chi connectivity index (χ3v) is 2.91. The number of rotatable bonds is 0. The summed E-state index contributed by atoms with van der Waals surface area (Å²) in [4.78, 5) is 0. The molecule has 13 heavy (non-hydrogen) atoms. The normalized spacial score (nSPS) is 26.4. The van der Waals surface area contributed by atoms with E-state index >= 15 is 0 Å². The van der Waals surface area contributed by atoms with E-state index in [4.69, 9.17) is 11.6 Å². The molecule has 74 valence electrons. The molecule has 1 aliphatic rings. The molecule has 0 saturated carbocycles. The number of allylic oxidation sites excluding steroid dienone is 1. The molecule has 0 radical (unpaired) electrons. The molecule has 0 saturated heterocycles. The maximum absolute atomic E-state index is 6.16. The van der Waals surface area contributed by atoms with E-state index in [-0.39, 0.29) is 0 Å². The average molecular weight is 199 g/mol. The highest BCUT2D eigenvalue weighted by Crippen LogP contribution is 2.16. The Bertz CT molecular complexity index is 178. The lowest BCUT2D eigenvalue weighted by atomic mass is 10.1. The van der Waals surface area contributed by atoms with Crippen molar-refractivity contribution in [2.75, 3.05) is 0 Å². The molecular formula is C12H19Cl. The van der Waals surface area contributed by atoms with Crippen LogP contribution in [-0.2, 0) is 0 Å². The standard InChI is InChI=1S/C12H19Cl/c13-12-10-8-6-4-2-1-3-5-7-9-11-12/h2,6,12H,1,3,5,7-11H2. The molecule has 0 aromatic carbocycles. The third-order valence-electron chi connectivity index (χ3n) is 2.48. The number of hydrogen-bond donors (Lipinski definition) is 0. The summed E-state index contributed by atoms with van der Waals surface area (Å²) in [5, 5.41) is 0.387. The van der Waals surface area contributed by atoms with Crippen LogP contribution in [0.5, 0.6) is 0 Å². The molecular weight excluding hydrogens is 180 g/mol. The first-order valence-corrected chi connectivity index (χ1v) is 5.86. The van der Waals surface area contributed by atoms with Crippen LogP contribution in [0.1, 0.15) is 51.4 Å². The molecule has 0 spiro atoms. The number of hydrogen-bond acceptors (Lipinski definition) is 0. The molecule has 0 aromatic heterocycles. The van der Waals surface area contributed by atoms with Crippen LogP contribution in [0.15, 0.2) is 17.9 Å². The van der Waals surface area contributed by atoms with Gasteiger partial charge in [-0.25, -0.2) is 0 Å². The van der Waals surface area contributed by atoms with Crippen molar-refractivity contribution < 1.29 is 0 Å². The summed E-state index contributed by atoms with van der Waals surface area (Å²) >= 11 is 6.16. The van der Waals surface area contributed by atoms with E-state index in [2.05, 4.69) is 17.9 Å². The number of alkyl halides is 1. The minimum absolute atomic E-state index is 0.387. The summed E-state index contributed by atoms with van der Waals surface area (Å²) in [6.45, 7) is 0. The van der Waals surface area contributed by atoms with Crippen molar-refractivity contribution in [2.45, 2.75) is 56.7 Å². The lowest BCUT2D eigenvalue weighted by Gasteiger charge is -2.07. The van der Waals surface area contributed by atoms with Gasteiger partial charge < -0.3 is 0 Å². The van der Waals surface area contributed by atoms with Gasteiger partial charge in [-0.2, -0.15) is 0 Å². The molecule has 0 aliphatic heterocycles. The van der Waals surface area contributed by atoms with E-state index in [1.54, 1.807) is 0 Å². The van der Waals surface area contributed by atoms with Crippen LogP contribution < -0.4 is 0 Å². The Morgan fingerprint density at radius 2 is 1.69 bits per heavy atom.